The number of benzene rings is 2. The number of hydrogen-bond acceptors (Lipinski definition) is 7. The van der Waals surface area contributed by atoms with Crippen molar-refractivity contribution in [2.75, 3.05) is 44.1 Å². The molecule has 0 atom stereocenters. The minimum atomic E-state index is -0.460. The Hall–Kier alpha value is -2.84. The van der Waals surface area contributed by atoms with Gasteiger partial charge in [0.25, 0.3) is 0 Å². The number of anilines is 3. The first-order valence-corrected chi connectivity index (χ1v) is 11.0. The third kappa shape index (κ3) is 4.66. The van der Waals surface area contributed by atoms with Gasteiger partial charge >= 0.3 is 0 Å². The number of aromatic nitrogens is 2. The van der Waals surface area contributed by atoms with Crippen LogP contribution >= 0.6 is 11.6 Å². The van der Waals surface area contributed by atoms with Crippen LogP contribution in [0.4, 0.5) is 21.8 Å². The van der Waals surface area contributed by atoms with Gasteiger partial charge in [-0.25, -0.2) is 9.37 Å². The molecule has 7 nitrogen and oxygen atoms in total. The van der Waals surface area contributed by atoms with Crippen LogP contribution in [0.3, 0.4) is 0 Å². The number of piperidine rings is 1. The van der Waals surface area contributed by atoms with E-state index in [0.29, 0.717) is 45.2 Å². The quantitative estimate of drug-likeness (QED) is 0.527. The molecule has 2 N–H and O–H groups in total. The second-order valence-corrected chi connectivity index (χ2v) is 8.10. The Bertz CT molecular complexity index is 1110. The number of fused-ring (bicyclic) bond motifs is 1. The van der Waals surface area contributed by atoms with Crippen molar-refractivity contribution in [2.24, 2.45) is 0 Å². The van der Waals surface area contributed by atoms with Crippen molar-refractivity contribution in [2.45, 2.75) is 25.8 Å². The normalized spacial score (nSPS) is 14.6. The molecule has 0 spiro atoms. The summed E-state index contributed by atoms with van der Waals surface area (Å²) in [4.78, 5) is 11.7. The molecule has 0 amide bonds. The molecule has 0 bridgehead atoms. The standard InChI is InChI=1S/C23H27ClFN5O2/c1-4-26-15-7-9-30(10-8-15)23-28-19-13-21(32-3)20(31-2)12-16(19)22(29-23)27-18-6-5-14(24)11-17(18)25/h5-6,11-13,15,26H,4,7-10H2,1-3H3,(H,27,28,29). The molecule has 1 aliphatic heterocycles. The van der Waals surface area contributed by atoms with E-state index in [4.69, 9.17) is 31.0 Å². The summed E-state index contributed by atoms with van der Waals surface area (Å²) in [5.41, 5.74) is 0.958. The van der Waals surface area contributed by atoms with Crippen LogP contribution in [-0.2, 0) is 0 Å². The van der Waals surface area contributed by atoms with Crippen LogP contribution in [0.2, 0.25) is 5.02 Å². The van der Waals surface area contributed by atoms with Crippen molar-refractivity contribution in [3.8, 4) is 11.5 Å². The summed E-state index contributed by atoms with van der Waals surface area (Å²) in [5.74, 6) is 1.73. The number of nitrogens with zero attached hydrogens (tertiary/aromatic N) is 3. The average Bonchev–Trinajstić information content (AvgIpc) is 2.80. The topological polar surface area (TPSA) is 71.5 Å². The fourth-order valence-electron chi connectivity index (χ4n) is 3.97. The molecule has 0 saturated carbocycles. The van der Waals surface area contributed by atoms with E-state index in [-0.39, 0.29) is 5.69 Å². The molecule has 2 aromatic carbocycles. The number of ether oxygens (including phenoxy) is 2. The number of methoxy groups -OCH3 is 2. The molecule has 3 aromatic rings. The first-order valence-electron chi connectivity index (χ1n) is 10.7. The zero-order valence-corrected chi connectivity index (χ0v) is 19.2. The maximum absolute atomic E-state index is 14.5. The highest BCUT2D eigenvalue weighted by Crippen LogP contribution is 2.36. The minimum absolute atomic E-state index is 0.279. The van der Waals surface area contributed by atoms with Gasteiger partial charge in [0.2, 0.25) is 5.95 Å². The van der Waals surface area contributed by atoms with Crippen LogP contribution in [0.1, 0.15) is 19.8 Å². The predicted molar refractivity (Wildman–Crippen MR) is 126 cm³/mol. The molecule has 1 saturated heterocycles. The highest BCUT2D eigenvalue weighted by molar-refractivity contribution is 6.30. The fraction of sp³-hybridized carbons (Fsp3) is 0.391. The van der Waals surface area contributed by atoms with E-state index in [1.807, 2.05) is 6.07 Å². The van der Waals surface area contributed by atoms with Crippen LogP contribution in [0, 0.1) is 5.82 Å². The van der Waals surface area contributed by atoms with E-state index >= 15 is 0 Å². The van der Waals surface area contributed by atoms with Gasteiger partial charge in [0, 0.05) is 35.6 Å². The van der Waals surface area contributed by atoms with Gasteiger partial charge in [-0.3, -0.25) is 0 Å². The molecule has 32 heavy (non-hydrogen) atoms. The number of rotatable bonds is 7. The molecule has 2 heterocycles. The third-order valence-corrected chi connectivity index (χ3v) is 5.88. The van der Waals surface area contributed by atoms with E-state index in [1.165, 1.54) is 6.07 Å². The zero-order valence-electron chi connectivity index (χ0n) is 18.4. The zero-order chi connectivity index (χ0) is 22.7. The lowest BCUT2D eigenvalue weighted by Gasteiger charge is -2.32. The average molecular weight is 460 g/mol. The minimum Gasteiger partial charge on any atom is -0.493 e. The van der Waals surface area contributed by atoms with Crippen LogP contribution in [-0.4, -0.2) is 49.9 Å². The van der Waals surface area contributed by atoms with Crippen LogP contribution in [0.15, 0.2) is 30.3 Å². The third-order valence-electron chi connectivity index (χ3n) is 5.64. The summed E-state index contributed by atoms with van der Waals surface area (Å²) in [5, 5.41) is 7.65. The lowest BCUT2D eigenvalue weighted by molar-refractivity contribution is 0.356. The molecule has 170 valence electrons. The van der Waals surface area contributed by atoms with Gasteiger partial charge < -0.3 is 25.0 Å². The van der Waals surface area contributed by atoms with E-state index < -0.39 is 5.82 Å². The highest BCUT2D eigenvalue weighted by atomic mass is 35.5. The second kappa shape index (κ2) is 9.75. The smallest absolute Gasteiger partial charge is 0.227 e. The van der Waals surface area contributed by atoms with Gasteiger partial charge in [0.1, 0.15) is 11.6 Å². The number of nitrogens with one attached hydrogen (secondary N) is 2. The van der Waals surface area contributed by atoms with E-state index in [9.17, 15) is 4.39 Å². The molecular weight excluding hydrogens is 433 g/mol. The first-order chi connectivity index (χ1) is 15.5. The van der Waals surface area contributed by atoms with Crippen LogP contribution < -0.4 is 25.0 Å². The SMILES string of the molecule is CCNC1CCN(c2nc(Nc3ccc(Cl)cc3F)c3cc(OC)c(OC)cc3n2)CC1. The maximum Gasteiger partial charge on any atom is 0.227 e. The summed E-state index contributed by atoms with van der Waals surface area (Å²) in [6, 6.07) is 8.60. The summed E-state index contributed by atoms with van der Waals surface area (Å²) < 4.78 is 25.4. The van der Waals surface area contributed by atoms with Crippen LogP contribution in [0.5, 0.6) is 11.5 Å². The Morgan fingerprint density at radius 3 is 2.47 bits per heavy atom. The molecular formula is C23H27ClFN5O2. The summed E-state index contributed by atoms with van der Waals surface area (Å²) in [7, 11) is 3.15. The monoisotopic (exact) mass is 459 g/mol. The lowest BCUT2D eigenvalue weighted by atomic mass is 10.1. The Morgan fingerprint density at radius 1 is 1.09 bits per heavy atom. The van der Waals surface area contributed by atoms with Gasteiger partial charge in [0.05, 0.1) is 25.4 Å². The van der Waals surface area contributed by atoms with Crippen molar-refractivity contribution in [1.29, 1.82) is 0 Å². The van der Waals surface area contributed by atoms with Crippen molar-refractivity contribution in [3.05, 3.63) is 41.2 Å². The lowest BCUT2D eigenvalue weighted by Crippen LogP contribution is -2.43. The molecule has 9 heteroatoms. The molecule has 0 radical (unpaired) electrons. The summed E-state index contributed by atoms with van der Waals surface area (Å²) in [6.07, 6.45) is 2.02. The van der Waals surface area contributed by atoms with Crippen molar-refractivity contribution >= 4 is 40.0 Å². The number of hydrogen-bond donors (Lipinski definition) is 2. The Kier molecular flexibility index (Phi) is 6.81. The van der Waals surface area contributed by atoms with Gasteiger partial charge in [0.15, 0.2) is 11.5 Å². The van der Waals surface area contributed by atoms with Gasteiger partial charge in [-0.15, -0.1) is 0 Å². The number of halogens is 2. The largest absolute Gasteiger partial charge is 0.493 e. The van der Waals surface area contributed by atoms with Crippen LogP contribution in [0.25, 0.3) is 10.9 Å². The molecule has 1 fully saturated rings. The molecule has 0 unspecified atom stereocenters. The van der Waals surface area contributed by atoms with Gasteiger partial charge in [-0.05, 0) is 43.7 Å². The Labute approximate surface area is 191 Å². The van der Waals surface area contributed by atoms with Gasteiger partial charge in [-0.1, -0.05) is 18.5 Å². The second-order valence-electron chi connectivity index (χ2n) is 7.66. The highest BCUT2D eigenvalue weighted by Gasteiger charge is 2.22. The molecule has 1 aromatic heterocycles. The Morgan fingerprint density at radius 2 is 1.81 bits per heavy atom. The van der Waals surface area contributed by atoms with Gasteiger partial charge in [-0.2, -0.15) is 4.98 Å². The predicted octanol–water partition coefficient (Wildman–Crippen LogP) is 4.76. The first kappa shape index (κ1) is 22.4. The molecule has 1 aliphatic rings. The molecule has 4 rings (SSSR count). The fourth-order valence-corrected chi connectivity index (χ4v) is 4.13. The van der Waals surface area contributed by atoms with Crippen molar-refractivity contribution in [3.63, 3.8) is 0 Å². The van der Waals surface area contributed by atoms with E-state index in [1.54, 1.807) is 32.4 Å². The summed E-state index contributed by atoms with van der Waals surface area (Å²) in [6.45, 7) is 4.75. The summed E-state index contributed by atoms with van der Waals surface area (Å²) >= 11 is 5.91. The Balaban J connectivity index is 1.76. The van der Waals surface area contributed by atoms with Crippen molar-refractivity contribution in [1.82, 2.24) is 15.3 Å². The van der Waals surface area contributed by atoms with Crippen molar-refractivity contribution < 1.29 is 13.9 Å². The van der Waals surface area contributed by atoms with E-state index in [2.05, 4.69) is 22.5 Å². The molecule has 0 aliphatic carbocycles. The van der Waals surface area contributed by atoms with E-state index in [0.717, 1.165) is 32.5 Å². The maximum atomic E-state index is 14.5.